The number of rotatable bonds is 4. The van der Waals surface area contributed by atoms with Crippen LogP contribution in [0.5, 0.6) is 0 Å². The molecule has 1 aliphatic heterocycles. The van der Waals surface area contributed by atoms with Crippen LogP contribution in [-0.2, 0) is 13.0 Å². The highest BCUT2D eigenvalue weighted by Crippen LogP contribution is 2.36. The third kappa shape index (κ3) is 3.00. The zero-order valence-corrected chi connectivity index (χ0v) is 13.1. The van der Waals surface area contributed by atoms with E-state index in [4.69, 9.17) is 5.73 Å². The number of hydrogen-bond donors (Lipinski definition) is 1. The molecule has 0 aromatic carbocycles. The normalized spacial score (nSPS) is 16.1. The highest BCUT2D eigenvalue weighted by Gasteiger charge is 2.27. The zero-order chi connectivity index (χ0) is 14.2. The number of hydrogen-bond acceptors (Lipinski definition) is 4. The van der Waals surface area contributed by atoms with E-state index >= 15 is 0 Å². The lowest BCUT2D eigenvalue weighted by Crippen LogP contribution is -2.33. The summed E-state index contributed by atoms with van der Waals surface area (Å²) in [4.78, 5) is 16.0. The smallest absolute Gasteiger partial charge is 0.168 e. The molecule has 2 heterocycles. The second-order valence-corrected chi connectivity index (χ2v) is 7.28. The molecule has 0 spiro atoms. The molecule has 106 valence electrons. The van der Waals surface area contributed by atoms with Gasteiger partial charge in [0.05, 0.1) is 10.6 Å². The van der Waals surface area contributed by atoms with E-state index in [0.717, 1.165) is 36.6 Å². The quantitative estimate of drug-likeness (QED) is 0.862. The topological polar surface area (TPSA) is 46.3 Å². The zero-order valence-electron chi connectivity index (χ0n) is 12.3. The van der Waals surface area contributed by atoms with Gasteiger partial charge in [0, 0.05) is 30.4 Å². The Balaban J connectivity index is 2.25. The average Bonchev–Trinajstić information content (AvgIpc) is 2.62. The molecule has 0 aliphatic carbocycles. The van der Waals surface area contributed by atoms with Crippen LogP contribution in [0.15, 0.2) is 0 Å². The van der Waals surface area contributed by atoms with Gasteiger partial charge in [-0.2, -0.15) is 0 Å². The lowest BCUT2D eigenvalue weighted by atomic mass is 9.94. The first-order valence-electron chi connectivity index (χ1n) is 7.06. The summed E-state index contributed by atoms with van der Waals surface area (Å²) < 4.78 is 0. The molecule has 0 fully saturated rings. The van der Waals surface area contributed by atoms with Crippen LogP contribution in [0.1, 0.15) is 48.5 Å². The van der Waals surface area contributed by atoms with Gasteiger partial charge in [0.1, 0.15) is 0 Å². The molecule has 1 aromatic rings. The van der Waals surface area contributed by atoms with Crippen molar-refractivity contribution >= 4 is 22.1 Å². The number of ketones is 1. The average molecular weight is 280 g/mol. The number of fused-ring (bicyclic) bond motifs is 1. The molecule has 0 atom stereocenters. The maximum absolute atomic E-state index is 12.3. The molecule has 0 saturated heterocycles. The molecule has 0 bridgehead atoms. The molecular formula is C15H24N2OS. The number of carbonyl (C=O) groups is 1. The maximum atomic E-state index is 12.3. The first-order valence-corrected chi connectivity index (χ1v) is 7.88. The van der Waals surface area contributed by atoms with Gasteiger partial charge in [-0.25, -0.2) is 0 Å². The van der Waals surface area contributed by atoms with Crippen LogP contribution in [0.4, 0.5) is 5.00 Å². The van der Waals surface area contributed by atoms with E-state index in [0.29, 0.717) is 5.92 Å². The van der Waals surface area contributed by atoms with Crippen LogP contribution in [0.2, 0.25) is 0 Å². The summed E-state index contributed by atoms with van der Waals surface area (Å²) in [7, 11) is 0. The van der Waals surface area contributed by atoms with Gasteiger partial charge in [-0.15, -0.1) is 11.3 Å². The summed E-state index contributed by atoms with van der Waals surface area (Å²) in [5, 5.41) is 0.718. The summed E-state index contributed by atoms with van der Waals surface area (Å²) >= 11 is 1.61. The SMILES string of the molecule is CC(C)CN1CCc2c(sc(N)c2C(=O)C(C)C)C1. The third-order valence-corrected chi connectivity index (χ3v) is 4.60. The lowest BCUT2D eigenvalue weighted by Gasteiger charge is -2.28. The molecule has 2 N–H and O–H groups in total. The first kappa shape index (κ1) is 14.5. The molecule has 0 unspecified atom stereocenters. The predicted molar refractivity (Wildman–Crippen MR) is 81.7 cm³/mol. The van der Waals surface area contributed by atoms with Crippen LogP contribution >= 0.6 is 11.3 Å². The van der Waals surface area contributed by atoms with E-state index in [1.165, 1.54) is 10.4 Å². The van der Waals surface area contributed by atoms with Gasteiger partial charge in [-0.1, -0.05) is 27.7 Å². The Bertz CT molecular complexity index is 477. The van der Waals surface area contributed by atoms with Crippen molar-refractivity contribution in [3.63, 3.8) is 0 Å². The van der Waals surface area contributed by atoms with E-state index in [2.05, 4.69) is 18.7 Å². The third-order valence-electron chi connectivity index (χ3n) is 3.56. The minimum absolute atomic E-state index is 0.0229. The van der Waals surface area contributed by atoms with Crippen LogP contribution in [0.25, 0.3) is 0 Å². The van der Waals surface area contributed by atoms with Gasteiger partial charge in [0.15, 0.2) is 5.78 Å². The Morgan fingerprint density at radius 1 is 1.37 bits per heavy atom. The van der Waals surface area contributed by atoms with Crippen LogP contribution < -0.4 is 5.73 Å². The number of anilines is 1. The summed E-state index contributed by atoms with van der Waals surface area (Å²) in [6, 6.07) is 0. The van der Waals surface area contributed by atoms with E-state index < -0.39 is 0 Å². The van der Waals surface area contributed by atoms with Gasteiger partial charge < -0.3 is 5.73 Å². The molecule has 2 rings (SSSR count). The summed E-state index contributed by atoms with van der Waals surface area (Å²) in [6.07, 6.45) is 0.962. The summed E-state index contributed by atoms with van der Waals surface area (Å²) in [5.41, 5.74) is 8.13. The summed E-state index contributed by atoms with van der Waals surface area (Å²) in [5.74, 6) is 0.901. The molecule has 0 radical (unpaired) electrons. The Morgan fingerprint density at radius 2 is 2.05 bits per heavy atom. The molecule has 0 amide bonds. The van der Waals surface area contributed by atoms with Gasteiger partial charge in [-0.05, 0) is 17.9 Å². The van der Waals surface area contributed by atoms with Gasteiger partial charge >= 0.3 is 0 Å². The maximum Gasteiger partial charge on any atom is 0.168 e. The van der Waals surface area contributed by atoms with Crippen LogP contribution in [-0.4, -0.2) is 23.8 Å². The van der Waals surface area contributed by atoms with Crippen molar-refractivity contribution in [2.24, 2.45) is 11.8 Å². The fraction of sp³-hybridized carbons (Fsp3) is 0.667. The Kier molecular flexibility index (Phi) is 4.31. The molecule has 4 heteroatoms. The standard InChI is InChI=1S/C15H24N2OS/c1-9(2)7-17-6-5-11-12(8-17)19-15(16)13(11)14(18)10(3)4/h9-10H,5-8,16H2,1-4H3. The van der Waals surface area contributed by atoms with Crippen molar-refractivity contribution < 1.29 is 4.79 Å². The van der Waals surface area contributed by atoms with Gasteiger partial charge in [0.25, 0.3) is 0 Å². The van der Waals surface area contributed by atoms with Crippen molar-refractivity contribution in [1.29, 1.82) is 0 Å². The van der Waals surface area contributed by atoms with Gasteiger partial charge in [0.2, 0.25) is 0 Å². The van der Waals surface area contributed by atoms with Crippen LogP contribution in [0.3, 0.4) is 0 Å². The van der Waals surface area contributed by atoms with Crippen molar-refractivity contribution in [3.05, 3.63) is 16.0 Å². The highest BCUT2D eigenvalue weighted by atomic mass is 32.1. The largest absolute Gasteiger partial charge is 0.390 e. The Morgan fingerprint density at radius 3 is 2.63 bits per heavy atom. The highest BCUT2D eigenvalue weighted by molar-refractivity contribution is 7.16. The number of Topliss-reactive ketones (excluding diaryl/α,β-unsaturated/α-hetero) is 1. The van der Waals surface area contributed by atoms with Crippen molar-refractivity contribution in [3.8, 4) is 0 Å². The number of nitrogens with zero attached hydrogens (tertiary/aromatic N) is 1. The summed E-state index contributed by atoms with van der Waals surface area (Å²) in [6.45, 7) is 11.5. The van der Waals surface area contributed by atoms with E-state index in [-0.39, 0.29) is 11.7 Å². The second kappa shape index (κ2) is 5.63. The van der Waals surface area contributed by atoms with Crippen molar-refractivity contribution in [1.82, 2.24) is 4.90 Å². The Labute approximate surface area is 119 Å². The minimum Gasteiger partial charge on any atom is -0.390 e. The molecule has 3 nitrogen and oxygen atoms in total. The second-order valence-electron chi connectivity index (χ2n) is 6.14. The van der Waals surface area contributed by atoms with E-state index in [1.54, 1.807) is 11.3 Å². The number of thiophene rings is 1. The van der Waals surface area contributed by atoms with Crippen LogP contribution in [0, 0.1) is 11.8 Å². The molecule has 1 aliphatic rings. The number of carbonyl (C=O) groups excluding carboxylic acids is 1. The number of nitrogens with two attached hydrogens (primary N) is 1. The fourth-order valence-electron chi connectivity index (χ4n) is 2.71. The molecule has 0 saturated carbocycles. The molecule has 19 heavy (non-hydrogen) atoms. The van der Waals surface area contributed by atoms with E-state index in [9.17, 15) is 4.79 Å². The molecular weight excluding hydrogens is 256 g/mol. The Hall–Kier alpha value is -0.870. The lowest BCUT2D eigenvalue weighted by molar-refractivity contribution is 0.0939. The minimum atomic E-state index is 0.0229. The first-order chi connectivity index (χ1) is 8.90. The van der Waals surface area contributed by atoms with Crippen molar-refractivity contribution in [2.75, 3.05) is 18.8 Å². The number of nitrogen functional groups attached to an aromatic ring is 1. The van der Waals surface area contributed by atoms with E-state index in [1.807, 2.05) is 13.8 Å². The van der Waals surface area contributed by atoms with Crippen molar-refractivity contribution in [2.45, 2.75) is 40.7 Å². The van der Waals surface area contributed by atoms with Gasteiger partial charge in [-0.3, -0.25) is 9.69 Å². The monoisotopic (exact) mass is 280 g/mol. The predicted octanol–water partition coefficient (Wildman–Crippen LogP) is 3.18. The fourth-order valence-corrected chi connectivity index (χ4v) is 3.87. The molecule has 1 aromatic heterocycles.